The third-order valence-electron chi connectivity index (χ3n) is 4.78. The van der Waals surface area contributed by atoms with Gasteiger partial charge in [-0.05, 0) is 44.7 Å². The number of carbonyl (C=O) groups is 1. The molecule has 1 aromatic rings. The van der Waals surface area contributed by atoms with Gasteiger partial charge in [0.2, 0.25) is 0 Å². The van der Waals surface area contributed by atoms with Gasteiger partial charge in [0.05, 0.1) is 12.2 Å². The monoisotopic (exact) mass is 348 g/mol. The summed E-state index contributed by atoms with van der Waals surface area (Å²) in [5.41, 5.74) is 7.52. The number of hydrogen-bond donors (Lipinski definition) is 2. The van der Waals surface area contributed by atoms with Crippen molar-refractivity contribution in [3.63, 3.8) is 0 Å². The molecule has 140 valence electrons. The van der Waals surface area contributed by atoms with Gasteiger partial charge < -0.3 is 15.6 Å². The highest BCUT2D eigenvalue weighted by Gasteiger charge is 2.34. The van der Waals surface area contributed by atoms with E-state index in [0.29, 0.717) is 19.1 Å². The van der Waals surface area contributed by atoms with Crippen LogP contribution in [0.5, 0.6) is 0 Å². The van der Waals surface area contributed by atoms with E-state index >= 15 is 0 Å². The summed E-state index contributed by atoms with van der Waals surface area (Å²) in [6, 6.07) is 7.81. The second kappa shape index (κ2) is 8.79. The maximum atomic E-state index is 12.0. The van der Waals surface area contributed by atoms with Gasteiger partial charge in [-0.2, -0.15) is 0 Å². The summed E-state index contributed by atoms with van der Waals surface area (Å²) in [7, 11) is 0. The summed E-state index contributed by atoms with van der Waals surface area (Å²) in [6.07, 6.45) is 4.44. The largest absolute Gasteiger partial charge is 0.480 e. The summed E-state index contributed by atoms with van der Waals surface area (Å²) in [5.74, 6) is -0.810. The van der Waals surface area contributed by atoms with E-state index in [4.69, 9.17) is 10.5 Å². The van der Waals surface area contributed by atoms with Gasteiger partial charge in [0.25, 0.3) is 0 Å². The Hall–Kier alpha value is -1.43. The molecule has 1 aliphatic rings. The highest BCUT2D eigenvalue weighted by Crippen LogP contribution is 2.27. The van der Waals surface area contributed by atoms with Gasteiger partial charge in [-0.3, -0.25) is 9.69 Å². The van der Waals surface area contributed by atoms with Crippen molar-refractivity contribution in [1.82, 2.24) is 4.90 Å². The van der Waals surface area contributed by atoms with Gasteiger partial charge >= 0.3 is 5.97 Å². The molecule has 1 fully saturated rings. The number of hydrogen-bond acceptors (Lipinski definition) is 4. The molecule has 0 bridgehead atoms. The highest BCUT2D eigenvalue weighted by molar-refractivity contribution is 5.73. The predicted octanol–water partition coefficient (Wildman–Crippen LogP) is 3.16. The van der Waals surface area contributed by atoms with Crippen molar-refractivity contribution in [3.05, 3.63) is 35.4 Å². The Morgan fingerprint density at radius 1 is 1.24 bits per heavy atom. The van der Waals surface area contributed by atoms with E-state index in [1.165, 1.54) is 12.8 Å². The molecule has 0 saturated heterocycles. The molecule has 1 atom stereocenters. The van der Waals surface area contributed by atoms with Gasteiger partial charge in [0.15, 0.2) is 0 Å². The molecule has 25 heavy (non-hydrogen) atoms. The summed E-state index contributed by atoms with van der Waals surface area (Å²) in [6.45, 7) is 7.21. The van der Waals surface area contributed by atoms with Crippen molar-refractivity contribution < 1.29 is 14.6 Å². The molecule has 2 rings (SSSR count). The number of benzene rings is 1. The Morgan fingerprint density at radius 3 is 2.28 bits per heavy atom. The lowest BCUT2D eigenvalue weighted by Crippen LogP contribution is -2.49. The normalized spacial score (nSPS) is 17.2. The molecular weight excluding hydrogens is 316 g/mol. The Morgan fingerprint density at radius 2 is 1.80 bits per heavy atom. The Bertz CT molecular complexity index is 545. The maximum absolute atomic E-state index is 12.0. The first-order valence-electron chi connectivity index (χ1n) is 9.20. The Labute approximate surface area is 151 Å². The van der Waals surface area contributed by atoms with Crippen molar-refractivity contribution in [3.8, 4) is 0 Å². The van der Waals surface area contributed by atoms with Crippen LogP contribution in [0.3, 0.4) is 0 Å². The highest BCUT2D eigenvalue weighted by atomic mass is 16.5. The van der Waals surface area contributed by atoms with E-state index < -0.39 is 12.0 Å². The minimum Gasteiger partial charge on any atom is -0.480 e. The molecule has 1 saturated carbocycles. The molecule has 0 aliphatic heterocycles. The first-order chi connectivity index (χ1) is 11.8. The molecule has 0 spiro atoms. The van der Waals surface area contributed by atoms with Gasteiger partial charge in [-0.15, -0.1) is 0 Å². The van der Waals surface area contributed by atoms with Crippen LogP contribution < -0.4 is 5.73 Å². The summed E-state index contributed by atoms with van der Waals surface area (Å²) in [5, 5.41) is 9.82. The van der Waals surface area contributed by atoms with Crippen LogP contribution >= 0.6 is 0 Å². The van der Waals surface area contributed by atoms with E-state index in [2.05, 4.69) is 4.90 Å². The lowest BCUT2D eigenvalue weighted by Gasteiger charge is -2.35. The number of carboxylic acids is 1. The van der Waals surface area contributed by atoms with Crippen LogP contribution in [-0.2, 0) is 22.6 Å². The molecule has 3 N–H and O–H groups in total. The topological polar surface area (TPSA) is 75.8 Å². The number of aliphatic carboxylic acids is 1. The number of rotatable bonds is 8. The molecule has 0 aromatic heterocycles. The SMILES string of the molecule is CC(C)(C)OCC(C(=O)O)N(Cc1ccc(CN)cc1)C1CCCC1. The second-order valence-corrected chi connectivity index (χ2v) is 7.91. The lowest BCUT2D eigenvalue weighted by molar-refractivity contribution is -0.150. The molecular formula is C20H32N2O3. The number of nitrogens with two attached hydrogens (primary N) is 1. The van der Waals surface area contributed by atoms with Crippen molar-refractivity contribution in [2.75, 3.05) is 6.61 Å². The molecule has 1 aromatic carbocycles. The lowest BCUT2D eigenvalue weighted by atomic mass is 10.1. The Kier molecular flexibility index (Phi) is 6.99. The first-order valence-corrected chi connectivity index (χ1v) is 9.20. The van der Waals surface area contributed by atoms with Gasteiger partial charge in [0.1, 0.15) is 6.04 Å². The predicted molar refractivity (Wildman–Crippen MR) is 99.3 cm³/mol. The molecule has 1 aliphatic carbocycles. The second-order valence-electron chi connectivity index (χ2n) is 7.91. The quantitative estimate of drug-likeness (QED) is 0.755. The van der Waals surface area contributed by atoms with Crippen molar-refractivity contribution in [1.29, 1.82) is 0 Å². The minimum absolute atomic E-state index is 0.205. The molecule has 0 amide bonds. The first kappa shape index (κ1) is 19.9. The zero-order chi connectivity index (χ0) is 18.4. The average Bonchev–Trinajstić information content (AvgIpc) is 3.07. The van der Waals surface area contributed by atoms with E-state index in [1.54, 1.807) is 0 Å². The van der Waals surface area contributed by atoms with Crippen molar-refractivity contribution >= 4 is 5.97 Å². The van der Waals surface area contributed by atoms with Crippen molar-refractivity contribution in [2.45, 2.75) is 77.2 Å². The van der Waals surface area contributed by atoms with Crippen LogP contribution in [-0.4, -0.2) is 40.3 Å². The standard InChI is InChI=1S/C20H32N2O3/c1-20(2,3)25-14-18(19(23)24)22(17-6-4-5-7-17)13-16-10-8-15(12-21)9-11-16/h8-11,17-18H,4-7,12-14,21H2,1-3H3,(H,23,24). The van der Waals surface area contributed by atoms with E-state index in [-0.39, 0.29) is 12.2 Å². The van der Waals surface area contributed by atoms with Crippen LogP contribution in [0.2, 0.25) is 0 Å². The van der Waals surface area contributed by atoms with E-state index in [9.17, 15) is 9.90 Å². The smallest absolute Gasteiger partial charge is 0.323 e. The third kappa shape index (κ3) is 6.10. The molecule has 0 radical (unpaired) electrons. The third-order valence-corrected chi connectivity index (χ3v) is 4.78. The number of ether oxygens (including phenoxy) is 1. The van der Waals surface area contributed by atoms with Crippen LogP contribution in [0, 0.1) is 0 Å². The fourth-order valence-electron chi connectivity index (χ4n) is 3.36. The Balaban J connectivity index is 2.17. The van der Waals surface area contributed by atoms with Crippen LogP contribution in [0.25, 0.3) is 0 Å². The molecule has 0 heterocycles. The van der Waals surface area contributed by atoms with Crippen LogP contribution in [0.4, 0.5) is 0 Å². The van der Waals surface area contributed by atoms with Gasteiger partial charge in [-0.1, -0.05) is 37.1 Å². The number of nitrogens with zero attached hydrogens (tertiary/aromatic N) is 1. The zero-order valence-corrected chi connectivity index (χ0v) is 15.7. The molecule has 5 heteroatoms. The maximum Gasteiger partial charge on any atom is 0.323 e. The minimum atomic E-state index is -0.810. The summed E-state index contributed by atoms with van der Waals surface area (Å²) >= 11 is 0. The summed E-state index contributed by atoms with van der Waals surface area (Å²) < 4.78 is 5.83. The van der Waals surface area contributed by atoms with Gasteiger partial charge in [0, 0.05) is 19.1 Å². The van der Waals surface area contributed by atoms with Crippen molar-refractivity contribution in [2.24, 2.45) is 5.73 Å². The fraction of sp³-hybridized carbons (Fsp3) is 0.650. The van der Waals surface area contributed by atoms with E-state index in [1.807, 2.05) is 45.0 Å². The zero-order valence-electron chi connectivity index (χ0n) is 15.7. The molecule has 5 nitrogen and oxygen atoms in total. The van der Waals surface area contributed by atoms with Gasteiger partial charge in [-0.25, -0.2) is 0 Å². The molecule has 1 unspecified atom stereocenters. The number of carboxylic acid groups (broad SMARTS) is 1. The fourth-order valence-corrected chi connectivity index (χ4v) is 3.36. The van der Waals surface area contributed by atoms with Crippen LogP contribution in [0.1, 0.15) is 57.6 Å². The van der Waals surface area contributed by atoms with E-state index in [0.717, 1.165) is 24.0 Å². The summed E-state index contributed by atoms with van der Waals surface area (Å²) in [4.78, 5) is 14.1. The average molecular weight is 348 g/mol. The van der Waals surface area contributed by atoms with Crippen LogP contribution in [0.15, 0.2) is 24.3 Å².